The van der Waals surface area contributed by atoms with Gasteiger partial charge in [-0.05, 0) is 48.2 Å². The van der Waals surface area contributed by atoms with Gasteiger partial charge < -0.3 is 10.0 Å². The van der Waals surface area contributed by atoms with E-state index in [4.69, 9.17) is 23.2 Å². The molecule has 0 unspecified atom stereocenters. The van der Waals surface area contributed by atoms with Crippen LogP contribution >= 0.6 is 23.2 Å². The molecule has 0 saturated heterocycles. The van der Waals surface area contributed by atoms with E-state index in [1.807, 2.05) is 30.3 Å². The monoisotopic (exact) mass is 515 g/mol. The van der Waals surface area contributed by atoms with Crippen LogP contribution in [-0.2, 0) is 22.6 Å². The van der Waals surface area contributed by atoms with Gasteiger partial charge in [0, 0.05) is 25.1 Å². The van der Waals surface area contributed by atoms with Crippen molar-refractivity contribution in [2.45, 2.75) is 77.7 Å². The summed E-state index contributed by atoms with van der Waals surface area (Å²) in [5.41, 5.74) is 2.65. The highest BCUT2D eigenvalue weighted by molar-refractivity contribution is 6.42. The van der Waals surface area contributed by atoms with Gasteiger partial charge in [-0.3, -0.25) is 4.79 Å². The Labute approximate surface area is 219 Å². The number of carbonyl (C=O) groups excluding carboxylic acids is 1. The molecule has 2 aromatic carbocycles. The summed E-state index contributed by atoms with van der Waals surface area (Å²) < 4.78 is 0. The van der Waals surface area contributed by atoms with Gasteiger partial charge in [-0.25, -0.2) is 4.79 Å². The van der Waals surface area contributed by atoms with Crippen molar-refractivity contribution in [2.75, 3.05) is 6.54 Å². The number of amides is 1. The fourth-order valence-corrected chi connectivity index (χ4v) is 4.09. The number of carboxylic acids is 1. The van der Waals surface area contributed by atoms with Crippen LogP contribution in [0.1, 0.15) is 81.4 Å². The van der Waals surface area contributed by atoms with Crippen LogP contribution in [0.25, 0.3) is 0 Å². The van der Waals surface area contributed by atoms with Gasteiger partial charge in [-0.1, -0.05) is 105 Å². The Morgan fingerprint density at radius 1 is 0.857 bits per heavy atom. The van der Waals surface area contributed by atoms with Crippen LogP contribution in [0.2, 0.25) is 10.0 Å². The first-order valence-electron chi connectivity index (χ1n) is 12.4. The summed E-state index contributed by atoms with van der Waals surface area (Å²) in [6, 6.07) is 12.9. The fraction of sp³-hybridized carbons (Fsp3) is 0.448. The first-order chi connectivity index (χ1) is 16.9. The third-order valence-electron chi connectivity index (χ3n) is 5.84. The van der Waals surface area contributed by atoms with Crippen LogP contribution in [0, 0.1) is 11.8 Å². The minimum Gasteiger partial charge on any atom is -0.474 e. The lowest BCUT2D eigenvalue weighted by Crippen LogP contribution is -2.37. The van der Waals surface area contributed by atoms with Crippen molar-refractivity contribution in [1.29, 1.82) is 0 Å². The van der Waals surface area contributed by atoms with Crippen LogP contribution in [0.5, 0.6) is 0 Å². The molecule has 0 aromatic heterocycles. The van der Waals surface area contributed by atoms with Gasteiger partial charge in [-0.2, -0.15) is 0 Å². The third kappa shape index (κ3) is 11.2. The molecule has 2 rings (SSSR count). The molecule has 0 aliphatic heterocycles. The molecule has 1 amide bonds. The van der Waals surface area contributed by atoms with Crippen LogP contribution in [-0.4, -0.2) is 28.4 Å². The molecule has 0 saturated carbocycles. The largest absolute Gasteiger partial charge is 0.474 e. The number of nitrogens with zero attached hydrogens (tertiary/aromatic N) is 1. The SMILES string of the molecule is CCCCCCCCCCC#Cc1ccc(CN(CCc2ccc(Cl)c(Cl)c2)C(=O)C(=O)O)cc1. The third-order valence-corrected chi connectivity index (χ3v) is 6.58. The summed E-state index contributed by atoms with van der Waals surface area (Å²) in [6.45, 7) is 2.70. The van der Waals surface area contributed by atoms with E-state index < -0.39 is 11.9 Å². The van der Waals surface area contributed by atoms with Gasteiger partial charge in [0.05, 0.1) is 10.0 Å². The van der Waals surface area contributed by atoms with Gasteiger partial charge >= 0.3 is 11.9 Å². The topological polar surface area (TPSA) is 57.6 Å². The predicted octanol–water partition coefficient (Wildman–Crippen LogP) is 7.53. The number of aliphatic carboxylic acids is 1. The maximum absolute atomic E-state index is 12.2. The zero-order valence-corrected chi connectivity index (χ0v) is 22.0. The molecule has 188 valence electrons. The highest BCUT2D eigenvalue weighted by Crippen LogP contribution is 2.23. The number of unbranched alkanes of at least 4 members (excludes halogenated alkanes) is 8. The average molecular weight is 517 g/mol. The van der Waals surface area contributed by atoms with Gasteiger partial charge in [0.1, 0.15) is 0 Å². The highest BCUT2D eigenvalue weighted by atomic mass is 35.5. The molecule has 2 aromatic rings. The Morgan fingerprint density at radius 2 is 1.49 bits per heavy atom. The van der Waals surface area contributed by atoms with Gasteiger partial charge in [0.15, 0.2) is 0 Å². The molecule has 0 bridgehead atoms. The first-order valence-corrected chi connectivity index (χ1v) is 13.2. The molecule has 0 radical (unpaired) electrons. The number of benzene rings is 2. The van der Waals surface area contributed by atoms with E-state index in [2.05, 4.69) is 18.8 Å². The number of hydrogen-bond acceptors (Lipinski definition) is 2. The Hall–Kier alpha value is -2.48. The van der Waals surface area contributed by atoms with Crippen molar-refractivity contribution < 1.29 is 14.7 Å². The van der Waals surface area contributed by atoms with E-state index in [1.54, 1.807) is 12.1 Å². The zero-order valence-electron chi connectivity index (χ0n) is 20.5. The Kier molecular flexibility index (Phi) is 13.3. The average Bonchev–Trinajstić information content (AvgIpc) is 2.85. The fourth-order valence-electron chi connectivity index (χ4n) is 3.77. The Bertz CT molecular complexity index is 1010. The molecule has 0 aliphatic carbocycles. The molecule has 0 aliphatic rings. The number of rotatable bonds is 13. The van der Waals surface area contributed by atoms with Crippen molar-refractivity contribution in [3.05, 3.63) is 69.2 Å². The molecule has 1 N–H and O–H groups in total. The molecular weight excluding hydrogens is 481 g/mol. The van der Waals surface area contributed by atoms with E-state index in [-0.39, 0.29) is 13.1 Å². The number of carboxylic acid groups (broad SMARTS) is 1. The van der Waals surface area contributed by atoms with Crippen LogP contribution in [0.3, 0.4) is 0 Å². The second kappa shape index (κ2) is 16.2. The van der Waals surface area contributed by atoms with Crippen LogP contribution < -0.4 is 0 Å². The molecule has 0 atom stereocenters. The molecule has 35 heavy (non-hydrogen) atoms. The zero-order chi connectivity index (χ0) is 25.5. The lowest BCUT2D eigenvalue weighted by molar-refractivity contribution is -0.156. The number of hydrogen-bond donors (Lipinski definition) is 1. The van der Waals surface area contributed by atoms with Crippen LogP contribution in [0.4, 0.5) is 0 Å². The van der Waals surface area contributed by atoms with E-state index in [0.717, 1.165) is 29.5 Å². The summed E-state index contributed by atoms with van der Waals surface area (Å²) in [6.07, 6.45) is 11.7. The molecule has 6 heteroatoms. The predicted molar refractivity (Wildman–Crippen MR) is 144 cm³/mol. The van der Waals surface area contributed by atoms with Crippen LogP contribution in [0.15, 0.2) is 42.5 Å². The summed E-state index contributed by atoms with van der Waals surface area (Å²) in [4.78, 5) is 24.9. The molecular formula is C29H35Cl2NO3. The summed E-state index contributed by atoms with van der Waals surface area (Å²) >= 11 is 12.0. The smallest absolute Gasteiger partial charge is 0.394 e. The second-order valence-electron chi connectivity index (χ2n) is 8.75. The first kappa shape index (κ1) is 28.8. The lowest BCUT2D eigenvalue weighted by atomic mass is 10.1. The minimum atomic E-state index is -1.47. The molecule has 0 spiro atoms. The summed E-state index contributed by atoms with van der Waals surface area (Å²) in [5.74, 6) is 4.03. The summed E-state index contributed by atoms with van der Waals surface area (Å²) in [5, 5.41) is 10.1. The quantitative estimate of drug-likeness (QED) is 0.170. The maximum Gasteiger partial charge on any atom is 0.394 e. The lowest BCUT2D eigenvalue weighted by Gasteiger charge is -2.21. The minimum absolute atomic E-state index is 0.207. The Morgan fingerprint density at radius 3 is 2.11 bits per heavy atom. The van der Waals surface area contributed by atoms with Gasteiger partial charge in [-0.15, -0.1) is 0 Å². The second-order valence-corrected chi connectivity index (χ2v) is 9.57. The standard InChI is InChI=1S/C29H35Cl2NO3/c1-2-3-4-5-6-7-8-9-10-11-12-23-13-15-25(16-14-23)22-32(28(33)29(34)35)20-19-24-17-18-26(30)27(31)21-24/h13-18,21H,2-10,19-20,22H2,1H3,(H,34,35). The molecule has 4 nitrogen and oxygen atoms in total. The summed E-state index contributed by atoms with van der Waals surface area (Å²) in [7, 11) is 0. The molecule has 0 heterocycles. The van der Waals surface area contributed by atoms with Crippen molar-refractivity contribution >= 4 is 35.1 Å². The highest BCUT2D eigenvalue weighted by Gasteiger charge is 2.21. The normalized spacial score (nSPS) is 10.5. The maximum atomic E-state index is 12.2. The van der Waals surface area contributed by atoms with Gasteiger partial charge in [0.25, 0.3) is 0 Å². The Balaban J connectivity index is 1.83. The van der Waals surface area contributed by atoms with Crippen molar-refractivity contribution in [3.63, 3.8) is 0 Å². The number of halogens is 2. The number of carbonyl (C=O) groups is 2. The van der Waals surface area contributed by atoms with Crippen molar-refractivity contribution in [1.82, 2.24) is 4.90 Å². The van der Waals surface area contributed by atoms with Crippen molar-refractivity contribution in [3.8, 4) is 11.8 Å². The van der Waals surface area contributed by atoms with Gasteiger partial charge in [0.2, 0.25) is 0 Å². The van der Waals surface area contributed by atoms with E-state index in [0.29, 0.717) is 16.5 Å². The van der Waals surface area contributed by atoms with E-state index in [1.165, 1.54) is 49.8 Å². The van der Waals surface area contributed by atoms with Crippen molar-refractivity contribution in [2.24, 2.45) is 0 Å². The molecule has 0 fully saturated rings. The van der Waals surface area contributed by atoms with E-state index >= 15 is 0 Å². The van der Waals surface area contributed by atoms with E-state index in [9.17, 15) is 14.7 Å².